The largest absolute Gasteiger partial charge is 0.478 e. The predicted octanol–water partition coefficient (Wildman–Crippen LogP) is 2.95. The maximum absolute atomic E-state index is 12.4. The third-order valence-corrected chi connectivity index (χ3v) is 3.72. The summed E-state index contributed by atoms with van der Waals surface area (Å²) in [7, 11) is 0. The van der Waals surface area contributed by atoms with Gasteiger partial charge in [0, 0.05) is 4.47 Å². The molecule has 0 radical (unpaired) electrons. The maximum atomic E-state index is 12.4. The molecule has 1 heterocycles. The van der Waals surface area contributed by atoms with E-state index in [2.05, 4.69) is 15.9 Å². The quantitative estimate of drug-likeness (QED) is 0.849. The van der Waals surface area contributed by atoms with E-state index >= 15 is 0 Å². The molecule has 104 valence electrons. The number of hydrogen-bond donors (Lipinski definition) is 1. The number of para-hydroxylation sites is 1. The van der Waals surface area contributed by atoms with Crippen LogP contribution in [0.1, 0.15) is 31.1 Å². The fourth-order valence-electron chi connectivity index (χ4n) is 2.28. The molecule has 0 aliphatic carbocycles. The first-order valence-electron chi connectivity index (χ1n) is 6.01. The van der Waals surface area contributed by atoms with E-state index in [4.69, 9.17) is 0 Å². The van der Waals surface area contributed by atoms with Crippen molar-refractivity contribution in [1.29, 1.82) is 0 Å². The molecule has 2 amide bonds. The summed E-state index contributed by atoms with van der Waals surface area (Å²) >= 11 is 3.25. The Hall–Kier alpha value is -2.47. The van der Waals surface area contributed by atoms with Crippen molar-refractivity contribution in [2.24, 2.45) is 0 Å². The molecule has 0 bridgehead atoms. The number of rotatable bonds is 2. The van der Waals surface area contributed by atoms with Gasteiger partial charge in [-0.25, -0.2) is 9.69 Å². The average Bonchev–Trinajstić information content (AvgIpc) is 2.70. The van der Waals surface area contributed by atoms with Gasteiger partial charge in [0.05, 0.1) is 22.4 Å². The zero-order valence-electron chi connectivity index (χ0n) is 10.5. The number of anilines is 1. The van der Waals surface area contributed by atoms with Gasteiger partial charge in [-0.15, -0.1) is 0 Å². The predicted molar refractivity (Wildman–Crippen MR) is 78.7 cm³/mol. The summed E-state index contributed by atoms with van der Waals surface area (Å²) in [5.74, 6) is -2.23. The van der Waals surface area contributed by atoms with Crippen molar-refractivity contribution in [2.45, 2.75) is 0 Å². The van der Waals surface area contributed by atoms with Crippen LogP contribution in [0.5, 0.6) is 0 Å². The van der Waals surface area contributed by atoms with Gasteiger partial charge < -0.3 is 5.11 Å². The van der Waals surface area contributed by atoms with Crippen LogP contribution >= 0.6 is 15.9 Å². The van der Waals surface area contributed by atoms with Crippen LogP contribution in [-0.2, 0) is 0 Å². The molecule has 0 saturated carbocycles. The minimum atomic E-state index is -1.19. The van der Waals surface area contributed by atoms with E-state index in [1.54, 1.807) is 30.3 Å². The van der Waals surface area contributed by atoms with Crippen LogP contribution in [0.2, 0.25) is 0 Å². The topological polar surface area (TPSA) is 74.7 Å². The summed E-state index contributed by atoms with van der Waals surface area (Å²) in [5.41, 5.74) is 0.511. The van der Waals surface area contributed by atoms with Crippen molar-refractivity contribution in [3.63, 3.8) is 0 Å². The highest BCUT2D eigenvalue weighted by molar-refractivity contribution is 9.10. The third-order valence-electron chi connectivity index (χ3n) is 3.22. The molecule has 0 aromatic heterocycles. The zero-order valence-corrected chi connectivity index (χ0v) is 12.1. The van der Waals surface area contributed by atoms with Gasteiger partial charge in [-0.05, 0) is 30.3 Å². The minimum absolute atomic E-state index is 0.0762. The average molecular weight is 346 g/mol. The minimum Gasteiger partial charge on any atom is -0.478 e. The lowest BCUT2D eigenvalue weighted by Gasteiger charge is -2.16. The van der Waals surface area contributed by atoms with E-state index in [1.165, 1.54) is 12.1 Å². The summed E-state index contributed by atoms with van der Waals surface area (Å²) in [6, 6.07) is 10.7. The zero-order chi connectivity index (χ0) is 15.1. The number of fused-ring (bicyclic) bond motifs is 1. The van der Waals surface area contributed by atoms with E-state index in [0.29, 0.717) is 4.47 Å². The van der Waals surface area contributed by atoms with Crippen molar-refractivity contribution in [3.8, 4) is 0 Å². The first kappa shape index (κ1) is 13.5. The molecule has 2 aromatic rings. The molecule has 0 atom stereocenters. The molecule has 0 spiro atoms. The Morgan fingerprint density at radius 2 is 1.67 bits per heavy atom. The summed E-state index contributed by atoms with van der Waals surface area (Å²) in [6.07, 6.45) is 0. The number of carboxylic acid groups (broad SMARTS) is 1. The third kappa shape index (κ3) is 2.04. The highest BCUT2D eigenvalue weighted by Crippen LogP contribution is 2.32. The Morgan fingerprint density at radius 1 is 1.00 bits per heavy atom. The Balaban J connectivity index is 2.17. The number of carbonyl (C=O) groups is 3. The highest BCUT2D eigenvalue weighted by atomic mass is 79.9. The van der Waals surface area contributed by atoms with Crippen molar-refractivity contribution >= 4 is 39.4 Å². The SMILES string of the molecule is O=C(O)c1ccccc1N1C(=O)c2ccc(Br)cc2C1=O. The molecule has 5 nitrogen and oxygen atoms in total. The molecule has 1 aliphatic heterocycles. The monoisotopic (exact) mass is 345 g/mol. The Kier molecular flexibility index (Phi) is 3.10. The summed E-state index contributed by atoms with van der Waals surface area (Å²) in [6.45, 7) is 0. The second kappa shape index (κ2) is 4.82. The summed E-state index contributed by atoms with van der Waals surface area (Å²) in [5, 5.41) is 9.20. The molecular formula is C15H8BrNO4. The van der Waals surface area contributed by atoms with Crippen LogP contribution in [-0.4, -0.2) is 22.9 Å². The molecule has 3 rings (SSSR count). The van der Waals surface area contributed by atoms with Gasteiger partial charge in [0.25, 0.3) is 11.8 Å². The number of halogens is 1. The molecule has 0 unspecified atom stereocenters. The van der Waals surface area contributed by atoms with Crippen LogP contribution in [0.4, 0.5) is 5.69 Å². The number of carbonyl (C=O) groups excluding carboxylic acids is 2. The van der Waals surface area contributed by atoms with Gasteiger partial charge in [-0.1, -0.05) is 28.1 Å². The second-order valence-corrected chi connectivity index (χ2v) is 5.37. The number of nitrogens with zero attached hydrogens (tertiary/aromatic N) is 1. The van der Waals surface area contributed by atoms with Crippen LogP contribution < -0.4 is 4.90 Å². The lowest BCUT2D eigenvalue weighted by molar-refractivity contribution is 0.0698. The van der Waals surface area contributed by atoms with Crippen LogP contribution in [0, 0.1) is 0 Å². The molecule has 0 saturated heterocycles. The second-order valence-electron chi connectivity index (χ2n) is 4.46. The number of carboxylic acids is 1. The highest BCUT2D eigenvalue weighted by Gasteiger charge is 2.38. The van der Waals surface area contributed by atoms with Crippen molar-refractivity contribution in [1.82, 2.24) is 0 Å². The molecule has 1 N–H and O–H groups in total. The van der Waals surface area contributed by atoms with Gasteiger partial charge >= 0.3 is 5.97 Å². The van der Waals surface area contributed by atoms with E-state index < -0.39 is 17.8 Å². The summed E-state index contributed by atoms with van der Waals surface area (Å²) in [4.78, 5) is 37.0. The fourth-order valence-corrected chi connectivity index (χ4v) is 2.64. The summed E-state index contributed by atoms with van der Waals surface area (Å²) < 4.78 is 0.677. The Morgan fingerprint density at radius 3 is 2.38 bits per heavy atom. The Bertz CT molecular complexity index is 800. The van der Waals surface area contributed by atoms with Crippen LogP contribution in [0.25, 0.3) is 0 Å². The van der Waals surface area contributed by atoms with E-state index in [1.807, 2.05) is 0 Å². The smallest absolute Gasteiger partial charge is 0.337 e. The number of benzene rings is 2. The van der Waals surface area contributed by atoms with Crippen LogP contribution in [0.3, 0.4) is 0 Å². The number of imide groups is 1. The number of aromatic carboxylic acids is 1. The van der Waals surface area contributed by atoms with Crippen molar-refractivity contribution < 1.29 is 19.5 Å². The first-order valence-corrected chi connectivity index (χ1v) is 6.80. The molecular weight excluding hydrogens is 338 g/mol. The normalized spacial score (nSPS) is 13.5. The molecule has 6 heteroatoms. The standard InChI is InChI=1S/C15H8BrNO4/c16-8-5-6-9-11(7-8)14(19)17(13(9)18)12-4-2-1-3-10(12)15(20)21/h1-7H,(H,20,21). The molecule has 1 aliphatic rings. The van der Waals surface area contributed by atoms with E-state index in [9.17, 15) is 19.5 Å². The first-order chi connectivity index (χ1) is 10.0. The molecule has 21 heavy (non-hydrogen) atoms. The number of hydrogen-bond acceptors (Lipinski definition) is 3. The van der Waals surface area contributed by atoms with Gasteiger partial charge in [0.15, 0.2) is 0 Å². The Labute approximate surface area is 127 Å². The van der Waals surface area contributed by atoms with Crippen molar-refractivity contribution in [2.75, 3.05) is 4.90 Å². The molecule has 0 fully saturated rings. The van der Waals surface area contributed by atoms with Crippen molar-refractivity contribution in [3.05, 3.63) is 63.6 Å². The number of amides is 2. The van der Waals surface area contributed by atoms with Gasteiger partial charge in [-0.2, -0.15) is 0 Å². The van der Waals surface area contributed by atoms with Gasteiger partial charge in [-0.3, -0.25) is 9.59 Å². The fraction of sp³-hybridized carbons (Fsp3) is 0. The lowest BCUT2D eigenvalue weighted by atomic mass is 10.1. The molecule has 2 aromatic carbocycles. The maximum Gasteiger partial charge on any atom is 0.337 e. The van der Waals surface area contributed by atoms with Gasteiger partial charge in [0.2, 0.25) is 0 Å². The van der Waals surface area contributed by atoms with Gasteiger partial charge in [0.1, 0.15) is 0 Å². The van der Waals surface area contributed by atoms with E-state index in [0.717, 1.165) is 4.90 Å². The lowest BCUT2D eigenvalue weighted by Crippen LogP contribution is -2.30. The van der Waals surface area contributed by atoms with E-state index in [-0.39, 0.29) is 22.4 Å². The van der Waals surface area contributed by atoms with Crippen LogP contribution in [0.15, 0.2) is 46.9 Å².